The van der Waals surface area contributed by atoms with Crippen molar-refractivity contribution in [1.29, 1.82) is 0 Å². The normalized spacial score (nSPS) is 13.6. The van der Waals surface area contributed by atoms with Gasteiger partial charge in [0.05, 0.1) is 55.5 Å². The molecule has 6 nitrogen and oxygen atoms in total. The fourth-order valence-electron chi connectivity index (χ4n) is 6.94. The van der Waals surface area contributed by atoms with E-state index in [1.54, 1.807) is 0 Å². The van der Waals surface area contributed by atoms with Crippen LogP contribution in [0, 0.1) is 0 Å². The lowest BCUT2D eigenvalue weighted by Crippen LogP contribution is -2.00. The number of hydrogen-bond donors (Lipinski definition) is 0. The number of aromatic nitrogens is 6. The number of para-hydroxylation sites is 6. The highest BCUT2D eigenvalue weighted by Gasteiger charge is 2.22. The quantitative estimate of drug-likeness (QED) is 0.210. The van der Waals surface area contributed by atoms with Crippen LogP contribution in [-0.2, 0) is 0 Å². The third kappa shape index (κ3) is 3.31. The highest BCUT2D eigenvalue weighted by molar-refractivity contribution is 5.95. The van der Waals surface area contributed by atoms with Gasteiger partial charge in [-0.25, -0.2) is 9.97 Å². The lowest BCUT2D eigenvalue weighted by atomic mass is 10.0. The van der Waals surface area contributed by atoms with E-state index in [9.17, 15) is 0 Å². The first kappa shape index (κ1) is 23.1. The van der Waals surface area contributed by atoms with Crippen molar-refractivity contribution in [2.75, 3.05) is 0 Å². The predicted molar refractivity (Wildman–Crippen MR) is 181 cm³/mol. The summed E-state index contributed by atoms with van der Waals surface area (Å²) < 4.78 is 26.5. The highest BCUT2D eigenvalue weighted by atomic mass is 15.2. The molecule has 6 heteroatoms. The predicted octanol–water partition coefficient (Wildman–Crippen LogP) is 9.42. The molecule has 5 aromatic carbocycles. The molecule has 0 fully saturated rings. The standard InChI is InChI=1S/C38H32N6/c1-23(2)27-14-10-20-33-35(27)39-37-41(29-16-5-7-18-31(29)43(33)37)25-12-9-13-26(22-25)42-30-17-6-8-19-32(30)44-34-21-11-15-28(24(3)4)36(34)40-38(42)44/h5-24H,1-4H3/i23D,24D. The van der Waals surface area contributed by atoms with E-state index in [2.05, 4.69) is 103 Å². The van der Waals surface area contributed by atoms with E-state index >= 15 is 0 Å². The summed E-state index contributed by atoms with van der Waals surface area (Å²) in [6, 6.07) is 37.6. The molecule has 4 aromatic heterocycles. The first-order chi connectivity index (χ1) is 22.1. The number of imidazole rings is 4. The van der Waals surface area contributed by atoms with Gasteiger partial charge < -0.3 is 0 Å². The number of hydrogen-bond acceptors (Lipinski definition) is 2. The van der Waals surface area contributed by atoms with Crippen LogP contribution >= 0.6 is 0 Å². The largest absolute Gasteiger partial charge is 0.278 e. The summed E-state index contributed by atoms with van der Waals surface area (Å²) in [6.45, 7) is 7.65. The molecule has 0 aliphatic rings. The van der Waals surface area contributed by atoms with Crippen LogP contribution < -0.4 is 0 Å². The summed E-state index contributed by atoms with van der Waals surface area (Å²) in [5.74, 6) is 0.0365. The molecule has 0 saturated heterocycles. The Morgan fingerprint density at radius 2 is 0.864 bits per heavy atom. The Hall–Kier alpha value is -5.36. The maximum Gasteiger partial charge on any atom is 0.220 e. The molecule has 44 heavy (non-hydrogen) atoms. The van der Waals surface area contributed by atoms with Crippen LogP contribution in [0.2, 0.25) is 0 Å². The van der Waals surface area contributed by atoms with Crippen molar-refractivity contribution >= 4 is 55.7 Å². The molecule has 214 valence electrons. The van der Waals surface area contributed by atoms with Crippen molar-refractivity contribution in [3.05, 3.63) is 120 Å². The Kier molecular flexibility index (Phi) is 4.77. The van der Waals surface area contributed by atoms with E-state index in [-0.39, 0.29) is 0 Å². The van der Waals surface area contributed by atoms with Crippen LogP contribution in [0.15, 0.2) is 109 Å². The summed E-state index contributed by atoms with van der Waals surface area (Å²) >= 11 is 0. The van der Waals surface area contributed by atoms with Gasteiger partial charge in [-0.1, -0.05) is 82.3 Å². The Labute approximate surface area is 257 Å². The van der Waals surface area contributed by atoms with Crippen molar-refractivity contribution in [3.8, 4) is 11.4 Å². The average molecular weight is 575 g/mol. The van der Waals surface area contributed by atoms with Crippen LogP contribution in [0.4, 0.5) is 0 Å². The molecule has 9 rings (SSSR count). The molecular formula is C38H32N6. The molecule has 0 aliphatic carbocycles. The third-order valence-corrected chi connectivity index (χ3v) is 8.89. The van der Waals surface area contributed by atoms with Gasteiger partial charge in [-0.3, -0.25) is 17.9 Å². The lowest BCUT2D eigenvalue weighted by molar-refractivity contribution is 0.873. The zero-order chi connectivity index (χ0) is 31.5. The summed E-state index contributed by atoms with van der Waals surface area (Å²) in [7, 11) is 0. The van der Waals surface area contributed by atoms with Crippen LogP contribution in [0.25, 0.3) is 67.1 Å². The van der Waals surface area contributed by atoms with Crippen LogP contribution in [-0.4, -0.2) is 27.9 Å². The van der Waals surface area contributed by atoms with E-state index in [1.807, 2.05) is 52.0 Å². The fourth-order valence-corrected chi connectivity index (χ4v) is 6.94. The van der Waals surface area contributed by atoms with Gasteiger partial charge >= 0.3 is 0 Å². The molecule has 0 radical (unpaired) electrons. The summed E-state index contributed by atoms with van der Waals surface area (Å²) in [5.41, 5.74) is 11.7. The van der Waals surface area contributed by atoms with E-state index in [1.165, 1.54) is 0 Å². The first-order valence-corrected chi connectivity index (χ1v) is 15.0. The van der Waals surface area contributed by atoms with Gasteiger partial charge in [0.2, 0.25) is 11.6 Å². The molecule has 0 atom stereocenters. The van der Waals surface area contributed by atoms with E-state index in [4.69, 9.17) is 12.7 Å². The van der Waals surface area contributed by atoms with Gasteiger partial charge in [0.15, 0.2) is 0 Å². The molecular weight excluding hydrogens is 540 g/mol. The first-order valence-electron chi connectivity index (χ1n) is 16.0. The minimum atomic E-state index is -0.789. The zero-order valence-corrected chi connectivity index (χ0v) is 25.1. The molecule has 0 spiro atoms. The Balaban J connectivity index is 1.35. The second-order valence-electron chi connectivity index (χ2n) is 12.0. The molecule has 0 bridgehead atoms. The summed E-state index contributed by atoms with van der Waals surface area (Å²) in [5, 5.41) is 0. The molecule has 0 saturated carbocycles. The van der Waals surface area contributed by atoms with Crippen molar-refractivity contribution in [2.24, 2.45) is 0 Å². The Bertz CT molecular complexity index is 2490. The number of benzene rings is 5. The topological polar surface area (TPSA) is 44.5 Å². The van der Waals surface area contributed by atoms with Gasteiger partial charge in [-0.2, -0.15) is 0 Å². The van der Waals surface area contributed by atoms with E-state index in [0.717, 1.165) is 78.2 Å². The maximum atomic E-state index is 8.81. The summed E-state index contributed by atoms with van der Waals surface area (Å²) in [6.07, 6.45) is 0. The molecule has 4 heterocycles. The van der Waals surface area contributed by atoms with E-state index < -0.39 is 11.8 Å². The van der Waals surface area contributed by atoms with Gasteiger partial charge in [0, 0.05) is 2.74 Å². The zero-order valence-electron chi connectivity index (χ0n) is 27.1. The second kappa shape index (κ2) is 9.07. The van der Waals surface area contributed by atoms with Crippen molar-refractivity contribution in [2.45, 2.75) is 39.5 Å². The van der Waals surface area contributed by atoms with Crippen molar-refractivity contribution < 1.29 is 2.74 Å². The summed E-state index contributed by atoms with van der Waals surface area (Å²) in [4.78, 5) is 10.4. The second-order valence-corrected chi connectivity index (χ2v) is 12.0. The smallest absolute Gasteiger partial charge is 0.220 e. The Morgan fingerprint density at radius 3 is 1.30 bits per heavy atom. The molecule has 0 N–H and O–H groups in total. The minimum absolute atomic E-state index is 0.789. The maximum absolute atomic E-state index is 8.81. The van der Waals surface area contributed by atoms with Gasteiger partial charge in [0.1, 0.15) is 0 Å². The van der Waals surface area contributed by atoms with Crippen molar-refractivity contribution in [1.82, 2.24) is 27.9 Å². The fraction of sp³-hybridized carbons (Fsp3) is 0.158. The van der Waals surface area contributed by atoms with Gasteiger partial charge in [0.25, 0.3) is 0 Å². The third-order valence-electron chi connectivity index (χ3n) is 8.89. The monoisotopic (exact) mass is 574 g/mol. The van der Waals surface area contributed by atoms with E-state index in [0.29, 0.717) is 0 Å². The minimum Gasteiger partial charge on any atom is -0.278 e. The molecule has 0 amide bonds. The molecule has 9 aromatic rings. The number of fused-ring (bicyclic) bond motifs is 10. The highest BCUT2D eigenvalue weighted by Crippen LogP contribution is 2.35. The average Bonchev–Trinajstić information content (AvgIpc) is 3.76. The van der Waals surface area contributed by atoms with Crippen molar-refractivity contribution in [3.63, 3.8) is 0 Å². The van der Waals surface area contributed by atoms with Gasteiger partial charge in [-0.15, -0.1) is 0 Å². The Morgan fingerprint density at radius 1 is 0.477 bits per heavy atom. The molecule has 0 aliphatic heterocycles. The van der Waals surface area contributed by atoms with Crippen LogP contribution in [0.3, 0.4) is 0 Å². The molecule has 0 unspecified atom stereocenters. The lowest BCUT2D eigenvalue weighted by Gasteiger charge is -2.10. The van der Waals surface area contributed by atoms with Crippen LogP contribution in [0.1, 0.15) is 53.4 Å². The van der Waals surface area contributed by atoms with Gasteiger partial charge in [-0.05, 0) is 77.5 Å². The number of rotatable bonds is 4. The number of nitrogens with zero attached hydrogens (tertiary/aromatic N) is 6. The van der Waals surface area contributed by atoms with Crippen LogP contribution in [0.5, 0.6) is 0 Å². The SMILES string of the molecule is [2H]C(C)(C)c1cccc2c1nc1n(-c3cccc(-n4c5ccccc5n5c6cccc(C([2H])(C)C)c6nc45)c3)c3ccccc3n21.